The van der Waals surface area contributed by atoms with Gasteiger partial charge in [-0.25, -0.2) is 4.79 Å². The van der Waals surface area contributed by atoms with Gasteiger partial charge in [-0.3, -0.25) is 9.55 Å². The number of hydrogen-bond donors (Lipinski definition) is 2. The predicted molar refractivity (Wildman–Crippen MR) is 118 cm³/mol. The van der Waals surface area contributed by atoms with Gasteiger partial charge >= 0.3 is 5.97 Å². The van der Waals surface area contributed by atoms with E-state index in [-0.39, 0.29) is 59.1 Å². The van der Waals surface area contributed by atoms with Gasteiger partial charge in [0, 0.05) is 53.3 Å². The topological polar surface area (TPSA) is 122 Å². The molecule has 0 aliphatic heterocycles. The normalized spacial score (nSPS) is 21.6. The summed E-state index contributed by atoms with van der Waals surface area (Å²) >= 11 is 0. The zero-order valence-electron chi connectivity index (χ0n) is 18.4. The maximum absolute atomic E-state index is 12.3. The van der Waals surface area contributed by atoms with Crippen molar-refractivity contribution in [3.8, 4) is 0 Å². The summed E-state index contributed by atoms with van der Waals surface area (Å²) in [5.74, 6) is -0.499. The molecular weight excluding hydrogens is 433 g/mol. The molecule has 0 amide bonds. The number of nitrogens with zero attached hydrogens (tertiary/aromatic N) is 1. The van der Waals surface area contributed by atoms with E-state index in [1.807, 2.05) is 13.8 Å². The van der Waals surface area contributed by atoms with Gasteiger partial charge < -0.3 is 14.6 Å². The molecule has 0 unspecified atom stereocenters. The maximum Gasteiger partial charge on any atom is 0.333 e. The van der Waals surface area contributed by atoms with Crippen LogP contribution in [0.5, 0.6) is 0 Å². The zero-order valence-corrected chi connectivity index (χ0v) is 21.2. The fourth-order valence-electron chi connectivity index (χ4n) is 3.27. The van der Waals surface area contributed by atoms with Crippen LogP contribution in [0.2, 0.25) is 0 Å². The van der Waals surface area contributed by atoms with E-state index in [1.54, 1.807) is 19.1 Å². The van der Waals surface area contributed by atoms with E-state index in [1.165, 1.54) is 24.4 Å². The molecule has 0 saturated carbocycles. The average Bonchev–Trinajstić information content (AvgIpc) is 2.71. The second-order valence-electron chi connectivity index (χ2n) is 7.00. The molecule has 0 aromatic heterocycles. The van der Waals surface area contributed by atoms with Gasteiger partial charge in [0.05, 0.1) is 18.8 Å². The van der Waals surface area contributed by atoms with Crippen molar-refractivity contribution in [2.45, 2.75) is 69.3 Å². The van der Waals surface area contributed by atoms with Crippen molar-refractivity contribution in [2.24, 2.45) is 4.99 Å². The molecule has 1 radical (unpaired) electrons. The van der Waals surface area contributed by atoms with E-state index in [0.29, 0.717) is 5.57 Å². The number of rotatable bonds is 9. The van der Waals surface area contributed by atoms with E-state index >= 15 is 0 Å². The molecule has 31 heavy (non-hydrogen) atoms. The summed E-state index contributed by atoms with van der Waals surface area (Å²) in [6.45, 7) is 5.87. The minimum atomic E-state index is -4.43. The molecule has 1 aromatic rings. The number of aliphatic hydroxyl groups is 1. The van der Waals surface area contributed by atoms with Crippen molar-refractivity contribution >= 4 is 51.9 Å². The van der Waals surface area contributed by atoms with Crippen LogP contribution in [-0.2, 0) is 24.4 Å². The fraction of sp³-hybridized carbons (Fsp3) is 0.524. The summed E-state index contributed by atoms with van der Waals surface area (Å²) in [4.78, 5) is 16.3. The van der Waals surface area contributed by atoms with E-state index in [0.717, 1.165) is 12.8 Å². The molecule has 1 aromatic carbocycles. The largest absolute Gasteiger partial charge is 0.463 e. The Labute approximate surface area is 205 Å². The Balaban J connectivity index is 0.00000480. The van der Waals surface area contributed by atoms with Gasteiger partial charge in [-0.2, -0.15) is 8.42 Å². The first-order chi connectivity index (χ1) is 14.2. The third kappa shape index (κ3) is 7.78. The number of carbonyl (C=O) groups is 1. The van der Waals surface area contributed by atoms with Crippen molar-refractivity contribution in [2.75, 3.05) is 6.61 Å². The number of hydrogen-bond acceptors (Lipinski definition) is 7. The first kappa shape index (κ1) is 28.0. The van der Waals surface area contributed by atoms with Gasteiger partial charge in [-0.15, -0.1) is 0 Å². The van der Waals surface area contributed by atoms with E-state index in [9.17, 15) is 22.9 Å². The Morgan fingerprint density at radius 2 is 1.90 bits per heavy atom. The van der Waals surface area contributed by atoms with Gasteiger partial charge in [-0.1, -0.05) is 32.0 Å². The molecule has 167 valence electrons. The third-order valence-electron chi connectivity index (χ3n) is 4.93. The monoisotopic (exact) mass is 462 g/mol. The Morgan fingerprint density at radius 1 is 1.26 bits per heavy atom. The first-order valence-corrected chi connectivity index (χ1v) is 11.5. The minimum Gasteiger partial charge on any atom is -0.463 e. The van der Waals surface area contributed by atoms with Gasteiger partial charge in [0.15, 0.2) is 0 Å². The van der Waals surface area contributed by atoms with Crippen LogP contribution >= 0.6 is 0 Å². The summed E-state index contributed by atoms with van der Waals surface area (Å²) in [5.41, 5.74) is 0.528. The SMILES string of the molecule is CCOC(=O)C1=C[C@@H](OC(CC)CC)[C@@H](O)[C@H](N=Cc2ccccc2S(=O)(=O)O)C1.[Na]. The van der Waals surface area contributed by atoms with E-state index in [4.69, 9.17) is 9.47 Å². The minimum absolute atomic E-state index is 0. The molecule has 0 fully saturated rings. The summed E-state index contributed by atoms with van der Waals surface area (Å²) < 4.78 is 43.6. The molecule has 1 aliphatic carbocycles. The first-order valence-electron chi connectivity index (χ1n) is 10.0. The number of benzene rings is 1. The number of aliphatic hydroxyl groups excluding tert-OH is 1. The number of aliphatic imine (C=N–C) groups is 1. The third-order valence-corrected chi connectivity index (χ3v) is 5.85. The quantitative estimate of drug-likeness (QED) is 0.250. The predicted octanol–water partition coefficient (Wildman–Crippen LogP) is 2.17. The Kier molecular flexibility index (Phi) is 11.6. The molecule has 3 atom stereocenters. The number of ether oxygens (including phenoxy) is 2. The molecular formula is C21H29NNaO7S. The molecule has 8 nitrogen and oxygen atoms in total. The van der Waals surface area contributed by atoms with Gasteiger partial charge in [0.25, 0.3) is 10.1 Å². The molecule has 0 bridgehead atoms. The van der Waals surface area contributed by atoms with Gasteiger partial charge in [-0.05, 0) is 31.9 Å². The average molecular weight is 463 g/mol. The van der Waals surface area contributed by atoms with Crippen molar-refractivity contribution in [3.05, 3.63) is 41.5 Å². The molecule has 2 N–H and O–H groups in total. The molecule has 0 heterocycles. The van der Waals surface area contributed by atoms with Crippen LogP contribution in [0, 0.1) is 0 Å². The Hall–Kier alpha value is -1.07. The van der Waals surface area contributed by atoms with E-state index < -0.39 is 34.3 Å². The fourth-order valence-corrected chi connectivity index (χ4v) is 3.94. The summed E-state index contributed by atoms with van der Waals surface area (Å²) in [6.07, 6.45) is 2.61. The number of carbonyl (C=O) groups excluding carboxylic acids is 1. The van der Waals surface area contributed by atoms with Crippen LogP contribution in [0.25, 0.3) is 0 Å². The van der Waals surface area contributed by atoms with E-state index in [2.05, 4.69) is 4.99 Å². The second-order valence-corrected chi connectivity index (χ2v) is 8.39. The molecule has 2 rings (SSSR count). The Bertz CT molecular complexity index is 897. The molecule has 1 aliphatic rings. The van der Waals surface area contributed by atoms with Crippen LogP contribution in [0.4, 0.5) is 0 Å². The summed E-state index contributed by atoms with van der Waals surface area (Å²) in [6, 6.07) is 5.09. The zero-order chi connectivity index (χ0) is 22.3. The standard InChI is InChI=1S/C21H29NO7S.Na/c1-4-16(5-2)29-18-12-15(21(24)28-6-3)11-17(20(18)23)22-13-14-9-7-8-10-19(14)30(25,26)27;/h7-10,12-13,16-18,20,23H,4-6,11H2,1-3H3,(H,25,26,27);/t17-,18-,20+;/m1./s1. The number of esters is 1. The van der Waals surface area contributed by atoms with Crippen molar-refractivity contribution in [1.82, 2.24) is 0 Å². The Morgan fingerprint density at radius 3 is 2.48 bits per heavy atom. The molecule has 10 heteroatoms. The van der Waals surface area contributed by atoms with Crippen LogP contribution in [0.1, 0.15) is 45.6 Å². The summed E-state index contributed by atoms with van der Waals surface area (Å²) in [5, 5.41) is 10.8. The van der Waals surface area contributed by atoms with Crippen molar-refractivity contribution in [3.63, 3.8) is 0 Å². The van der Waals surface area contributed by atoms with Crippen molar-refractivity contribution in [1.29, 1.82) is 0 Å². The van der Waals surface area contributed by atoms with Gasteiger partial charge in [0.1, 0.15) is 17.1 Å². The smallest absolute Gasteiger partial charge is 0.333 e. The molecule has 0 saturated heterocycles. The molecule has 0 spiro atoms. The maximum atomic E-state index is 12.3. The van der Waals surface area contributed by atoms with Crippen LogP contribution < -0.4 is 0 Å². The van der Waals surface area contributed by atoms with Gasteiger partial charge in [0.2, 0.25) is 0 Å². The second kappa shape index (κ2) is 12.8. The van der Waals surface area contributed by atoms with Crippen LogP contribution in [0.15, 0.2) is 45.8 Å². The van der Waals surface area contributed by atoms with Crippen LogP contribution in [0.3, 0.4) is 0 Å². The summed E-state index contributed by atoms with van der Waals surface area (Å²) in [7, 11) is -4.43. The van der Waals surface area contributed by atoms with Crippen LogP contribution in [-0.4, -0.2) is 90.8 Å². The van der Waals surface area contributed by atoms with Crippen molar-refractivity contribution < 1.29 is 32.3 Å².